The molecule has 5 heteroatoms. The Bertz CT molecular complexity index is 2380. The van der Waals surface area contributed by atoms with E-state index in [0.717, 1.165) is 39.1 Å². The van der Waals surface area contributed by atoms with Gasteiger partial charge in [-0.05, 0) is 74.8 Å². The predicted molar refractivity (Wildman–Crippen MR) is 190 cm³/mol. The minimum Gasteiger partial charge on any atom is -0.472 e. The summed E-state index contributed by atoms with van der Waals surface area (Å²) < 4.78 is 23.7. The van der Waals surface area contributed by atoms with Gasteiger partial charge in [0.05, 0.1) is 10.9 Å². The molecule has 45 heavy (non-hydrogen) atoms. The number of allylic oxidation sites excluding steroid dienone is 1. The Hall–Kier alpha value is -3.49. The van der Waals surface area contributed by atoms with Crippen molar-refractivity contribution < 1.29 is 13.6 Å². The van der Waals surface area contributed by atoms with E-state index >= 15 is 0 Å². The third-order valence-electron chi connectivity index (χ3n) is 9.88. The fourth-order valence-electron chi connectivity index (χ4n) is 7.31. The van der Waals surface area contributed by atoms with E-state index in [2.05, 4.69) is 136 Å². The first-order valence-electron chi connectivity index (χ1n) is 16.3. The molecule has 0 N–H and O–H groups in total. The van der Waals surface area contributed by atoms with Crippen molar-refractivity contribution in [2.75, 3.05) is 0 Å². The topological polar surface area (TPSA) is 39.9 Å². The second-order valence-electron chi connectivity index (χ2n) is 17.4. The highest BCUT2D eigenvalue weighted by atomic mass is 31.1. The molecule has 0 radical (unpaired) electrons. The van der Waals surface area contributed by atoms with Gasteiger partial charge in [-0.1, -0.05) is 95.2 Å². The van der Waals surface area contributed by atoms with Gasteiger partial charge in [-0.15, -0.1) is 0 Å². The lowest BCUT2D eigenvalue weighted by molar-refractivity contribution is 0.215. The highest BCUT2D eigenvalue weighted by Gasteiger charge is 2.46. The van der Waals surface area contributed by atoms with Crippen LogP contribution in [0.1, 0.15) is 111 Å². The van der Waals surface area contributed by atoms with E-state index in [1.165, 1.54) is 43.1 Å². The lowest BCUT2D eigenvalue weighted by atomic mass is 9.80. The van der Waals surface area contributed by atoms with E-state index in [1.807, 2.05) is 0 Å². The Labute approximate surface area is 266 Å². The van der Waals surface area contributed by atoms with Gasteiger partial charge in [-0.2, -0.15) is 0 Å². The summed E-state index contributed by atoms with van der Waals surface area (Å²) in [6.07, 6.45) is 4.53. The fraction of sp³-hybridized carbons (Fsp3) is 0.425. The third-order valence-corrected chi connectivity index (χ3v) is 12.6. The Morgan fingerprint density at radius 2 is 1.33 bits per heavy atom. The molecule has 4 heterocycles. The maximum Gasteiger partial charge on any atom is 0.238 e. The Kier molecular flexibility index (Phi) is 5.56. The normalized spacial score (nSPS) is 17.6. The molecule has 0 saturated carbocycles. The van der Waals surface area contributed by atoms with Crippen molar-refractivity contribution in [2.24, 2.45) is 5.41 Å². The predicted octanol–water partition coefficient (Wildman–Crippen LogP) is 11.7. The largest absolute Gasteiger partial charge is 0.472 e. The van der Waals surface area contributed by atoms with Crippen molar-refractivity contribution in [1.82, 2.24) is 4.40 Å². The van der Waals surface area contributed by atoms with Gasteiger partial charge in [0.2, 0.25) is 15.5 Å². The molecule has 8 rings (SSSR count). The minimum absolute atomic E-state index is 0.00663. The van der Waals surface area contributed by atoms with Crippen LogP contribution in [0.4, 0.5) is 0 Å². The van der Waals surface area contributed by atoms with Gasteiger partial charge in [0.1, 0.15) is 5.52 Å². The minimum atomic E-state index is -0.942. The molecule has 4 nitrogen and oxygen atoms in total. The fourth-order valence-corrected chi connectivity index (χ4v) is 10.3. The monoisotopic (exact) mass is 618 g/mol. The van der Waals surface area contributed by atoms with Gasteiger partial charge < -0.3 is 13.6 Å². The molecular weight excluding hydrogens is 573 g/mol. The summed E-state index contributed by atoms with van der Waals surface area (Å²) in [5.74, 6) is 0.967. The summed E-state index contributed by atoms with van der Waals surface area (Å²) in [7, 11) is -0.942. The van der Waals surface area contributed by atoms with Crippen LogP contribution in [0.3, 0.4) is 0 Å². The van der Waals surface area contributed by atoms with Crippen molar-refractivity contribution in [2.45, 2.75) is 105 Å². The van der Waals surface area contributed by atoms with E-state index in [0.29, 0.717) is 0 Å². The Morgan fingerprint density at radius 1 is 0.644 bits per heavy atom. The van der Waals surface area contributed by atoms with Gasteiger partial charge in [-0.3, -0.25) is 4.40 Å². The lowest BCUT2D eigenvalue weighted by Gasteiger charge is -2.34. The molecule has 2 unspecified atom stereocenters. The first kappa shape index (κ1) is 28.9. The third kappa shape index (κ3) is 4.00. The molecule has 3 aromatic heterocycles. The van der Waals surface area contributed by atoms with Crippen molar-refractivity contribution >= 4 is 57.0 Å². The number of hydrogen-bond donors (Lipinski definition) is 0. The zero-order valence-corrected chi connectivity index (χ0v) is 29.7. The quantitative estimate of drug-likeness (QED) is 0.126. The molecule has 2 aliphatic rings. The van der Waals surface area contributed by atoms with Gasteiger partial charge in [0.15, 0.2) is 41.5 Å². The number of ether oxygens (including phenoxy) is 1. The van der Waals surface area contributed by atoms with Crippen LogP contribution < -0.4 is 10.1 Å². The van der Waals surface area contributed by atoms with Crippen molar-refractivity contribution in [3.63, 3.8) is 0 Å². The van der Waals surface area contributed by atoms with Crippen LogP contribution in [0.25, 0.3) is 49.7 Å². The summed E-state index contributed by atoms with van der Waals surface area (Å²) in [4.78, 5) is 0. The van der Waals surface area contributed by atoms with E-state index in [9.17, 15) is 0 Å². The van der Waals surface area contributed by atoms with Crippen molar-refractivity contribution in [3.05, 3.63) is 75.4 Å². The standard InChI is InChI=1S/C40H45NO3P/c1-37(2,3)21-13-15-25-27(17-21)42-28-20-24(40(10,11)12)33-36-31(28)41(25)26-16-14-23(39(7,8)9)32-34(26)45(36)35-29(43-32)18-22(38(4,5)6)19-30(35)44-33/h13-20,32H,1-12H3/q+1. The van der Waals surface area contributed by atoms with E-state index in [4.69, 9.17) is 13.6 Å². The first-order valence-corrected chi connectivity index (χ1v) is 17.6. The van der Waals surface area contributed by atoms with Crippen molar-refractivity contribution in [1.29, 1.82) is 0 Å². The average molecular weight is 619 g/mol. The van der Waals surface area contributed by atoms with E-state index in [-0.39, 0.29) is 27.8 Å². The lowest BCUT2D eigenvalue weighted by Crippen LogP contribution is -2.32. The summed E-state index contributed by atoms with van der Waals surface area (Å²) in [5, 5.41) is 5.07. The molecule has 0 bridgehead atoms. The number of benzene rings is 3. The molecule has 0 spiro atoms. The van der Waals surface area contributed by atoms with E-state index < -0.39 is 7.34 Å². The molecule has 0 fully saturated rings. The van der Waals surface area contributed by atoms with Crippen molar-refractivity contribution in [3.8, 4) is 5.75 Å². The molecule has 6 aromatic rings. The number of nitrogens with zero attached hydrogens (tertiary/aromatic N) is 1. The Morgan fingerprint density at radius 3 is 1.98 bits per heavy atom. The van der Waals surface area contributed by atoms with Crippen LogP contribution in [0.2, 0.25) is 0 Å². The highest BCUT2D eigenvalue weighted by Crippen LogP contribution is 2.60. The van der Waals surface area contributed by atoms with Gasteiger partial charge in [0, 0.05) is 5.56 Å². The number of hydrogen-bond acceptors (Lipinski definition) is 3. The smallest absolute Gasteiger partial charge is 0.238 e. The van der Waals surface area contributed by atoms with Gasteiger partial charge in [0.25, 0.3) is 0 Å². The van der Waals surface area contributed by atoms with Crippen LogP contribution in [0.15, 0.2) is 56.9 Å². The van der Waals surface area contributed by atoms with Crippen LogP contribution in [0, 0.1) is 5.41 Å². The number of rotatable bonds is 0. The van der Waals surface area contributed by atoms with E-state index in [1.54, 1.807) is 0 Å². The molecule has 0 amide bonds. The highest BCUT2D eigenvalue weighted by molar-refractivity contribution is 7.58. The maximum atomic E-state index is 7.19. The Balaban J connectivity index is 1.70. The zero-order chi connectivity index (χ0) is 32.2. The molecular formula is C40H45NO3P+. The van der Waals surface area contributed by atoms with Crippen LogP contribution >= 0.6 is 7.34 Å². The second-order valence-corrected chi connectivity index (χ2v) is 19.4. The maximum absolute atomic E-state index is 7.19. The molecule has 3 aromatic carbocycles. The zero-order valence-electron chi connectivity index (χ0n) is 28.8. The molecule has 2 atom stereocenters. The second kappa shape index (κ2) is 8.65. The van der Waals surface area contributed by atoms with Gasteiger partial charge >= 0.3 is 0 Å². The molecule has 1 aliphatic carbocycles. The summed E-state index contributed by atoms with van der Waals surface area (Å²) in [6.45, 7) is 27.3. The average Bonchev–Trinajstić information content (AvgIpc) is 2.92. The van der Waals surface area contributed by atoms with Crippen LogP contribution in [-0.4, -0.2) is 4.40 Å². The number of fused-ring (bicyclic) bond motifs is 3. The van der Waals surface area contributed by atoms with Gasteiger partial charge in [-0.25, -0.2) is 0 Å². The first-order chi connectivity index (χ1) is 20.8. The number of aromatic nitrogens is 1. The molecule has 1 aliphatic heterocycles. The van der Waals surface area contributed by atoms with Crippen LogP contribution in [-0.2, 0) is 16.2 Å². The molecule has 0 saturated heterocycles. The SMILES string of the molecule is CC(C)(C)C1=CC=c2c3[p+]4c5c(cc(C(C)(C)C)cc5oc5c(C(C)(C)C)cc6oc7cc(C(C)(C)C)ccc7n2c6c54)OC13. The summed E-state index contributed by atoms with van der Waals surface area (Å²) in [5.41, 5.74) is 10.7. The molecule has 232 valence electrons. The summed E-state index contributed by atoms with van der Waals surface area (Å²) in [6, 6.07) is 13.6. The summed E-state index contributed by atoms with van der Waals surface area (Å²) >= 11 is 0. The van der Waals surface area contributed by atoms with Crippen LogP contribution in [0.5, 0.6) is 5.75 Å².